The van der Waals surface area contributed by atoms with Gasteiger partial charge in [-0.1, -0.05) is 5.11 Å². The molecule has 17 nitrogen and oxygen atoms in total. The zero-order valence-electron chi connectivity index (χ0n) is 15.8. The number of carbonyl (C=O) groups is 1. The van der Waals surface area contributed by atoms with E-state index >= 15 is 0 Å². The molecule has 2 aliphatic heterocycles. The van der Waals surface area contributed by atoms with Gasteiger partial charge in [-0.15, -0.1) is 0 Å². The quantitative estimate of drug-likeness (QED) is 0.0794. The average molecular weight is 474 g/mol. The van der Waals surface area contributed by atoms with Crippen LogP contribution in [0.5, 0.6) is 0 Å². The molecule has 10 atom stereocenters. The van der Waals surface area contributed by atoms with Crippen molar-refractivity contribution in [2.24, 2.45) is 5.11 Å². The summed E-state index contributed by atoms with van der Waals surface area (Å²) in [6.07, 6.45) is -15.9. The molecule has 0 radical (unpaired) electrons. The molecule has 0 unspecified atom stereocenters. The van der Waals surface area contributed by atoms with Gasteiger partial charge in [-0.3, -0.25) is 9.35 Å². The van der Waals surface area contributed by atoms with E-state index in [2.05, 4.69) is 19.5 Å². The maximum absolute atomic E-state index is 12.6. The Balaban J connectivity index is 2.13. The van der Waals surface area contributed by atoms with Crippen molar-refractivity contribution >= 4 is 16.3 Å². The number of hydrogen-bond donors (Lipinski definition) is 7. The number of azide groups is 1. The summed E-state index contributed by atoms with van der Waals surface area (Å²) in [5, 5.41) is 55.3. The molecule has 0 aromatic rings. The van der Waals surface area contributed by atoms with Crippen LogP contribution in [-0.4, -0.2) is 119 Å². The van der Waals surface area contributed by atoms with E-state index in [-0.39, 0.29) is 0 Å². The third-order valence-electron chi connectivity index (χ3n) is 4.64. The van der Waals surface area contributed by atoms with E-state index in [9.17, 15) is 38.7 Å². The normalized spacial score (nSPS) is 41.3. The molecule has 0 saturated carbocycles. The third kappa shape index (κ3) is 5.98. The fraction of sp³-hybridized carbons (Fsp3) is 0.923. The Morgan fingerprint density at radius 1 is 1.10 bits per heavy atom. The van der Waals surface area contributed by atoms with Crippen molar-refractivity contribution in [3.8, 4) is 0 Å². The molecule has 0 aromatic heterocycles. The number of hydrogen-bond acceptors (Lipinski definition) is 13. The number of rotatable bonds is 7. The Morgan fingerprint density at radius 2 is 1.74 bits per heavy atom. The predicted octanol–water partition coefficient (Wildman–Crippen LogP) is -4.50. The second-order valence-electron chi connectivity index (χ2n) is 6.63. The van der Waals surface area contributed by atoms with Crippen LogP contribution in [0.1, 0.15) is 0 Å². The van der Waals surface area contributed by atoms with E-state index in [0.717, 1.165) is 7.11 Å². The molecule has 2 saturated heterocycles. The van der Waals surface area contributed by atoms with Crippen molar-refractivity contribution in [2.45, 2.75) is 61.3 Å². The van der Waals surface area contributed by atoms with E-state index in [1.165, 1.54) is 0 Å². The van der Waals surface area contributed by atoms with Crippen LogP contribution in [0.15, 0.2) is 5.11 Å². The minimum atomic E-state index is -4.87. The summed E-state index contributed by atoms with van der Waals surface area (Å²) in [6.45, 7) is -0.889. The summed E-state index contributed by atoms with van der Waals surface area (Å²) in [7, 11) is -3.77. The van der Waals surface area contributed by atoms with Crippen molar-refractivity contribution in [3.63, 3.8) is 0 Å². The van der Waals surface area contributed by atoms with Crippen LogP contribution in [0.3, 0.4) is 0 Å². The number of carbonyl (C=O) groups excluding carboxylic acids is 1. The van der Waals surface area contributed by atoms with Crippen molar-refractivity contribution < 1.29 is 61.7 Å². The maximum Gasteiger partial charge on any atom is 0.397 e. The highest BCUT2D eigenvalue weighted by Crippen LogP contribution is 2.25. The van der Waals surface area contributed by atoms with E-state index in [1.54, 1.807) is 0 Å². The fourth-order valence-corrected chi connectivity index (χ4v) is 3.35. The predicted molar refractivity (Wildman–Crippen MR) is 92.9 cm³/mol. The highest BCUT2D eigenvalue weighted by Gasteiger charge is 2.50. The number of aliphatic hydroxyl groups excluding tert-OH is 5. The van der Waals surface area contributed by atoms with Crippen molar-refractivity contribution in [1.82, 2.24) is 5.32 Å². The Labute approximate surface area is 174 Å². The highest BCUT2D eigenvalue weighted by atomic mass is 32.3. The molecule has 2 fully saturated rings. The van der Waals surface area contributed by atoms with Gasteiger partial charge in [0.05, 0.1) is 6.61 Å². The summed E-state index contributed by atoms with van der Waals surface area (Å²) in [6, 6.07) is -1.49. The van der Waals surface area contributed by atoms with Crippen molar-refractivity contribution in [2.75, 3.05) is 13.7 Å². The highest BCUT2D eigenvalue weighted by molar-refractivity contribution is 7.80. The monoisotopic (exact) mass is 474 g/mol. The number of nitrogens with one attached hydrogen (secondary N) is 1. The Hall–Kier alpha value is -1.67. The molecule has 18 heteroatoms. The Morgan fingerprint density at radius 3 is 2.29 bits per heavy atom. The number of methoxy groups -OCH3 is 1. The second-order valence-corrected chi connectivity index (χ2v) is 7.72. The van der Waals surface area contributed by atoms with Gasteiger partial charge in [0.2, 0.25) is 0 Å². The largest absolute Gasteiger partial charge is 0.397 e. The average Bonchev–Trinajstić information content (AvgIpc) is 2.70. The van der Waals surface area contributed by atoms with Gasteiger partial charge in [0.1, 0.15) is 42.7 Å². The van der Waals surface area contributed by atoms with Gasteiger partial charge in [0, 0.05) is 12.0 Å². The fourth-order valence-electron chi connectivity index (χ4n) is 3.05. The molecule has 178 valence electrons. The number of amides is 1. The molecule has 2 aliphatic rings. The minimum Gasteiger partial charge on any atom is -0.388 e. The lowest BCUT2D eigenvalue weighted by molar-refractivity contribution is -0.263. The summed E-state index contributed by atoms with van der Waals surface area (Å²) < 4.78 is 49.3. The zero-order chi connectivity index (χ0) is 23.5. The van der Waals surface area contributed by atoms with Crippen LogP contribution in [-0.2, 0) is 33.6 Å². The molecule has 31 heavy (non-hydrogen) atoms. The SMILES string of the molecule is CO[C@H]1O[C@H](COS(=O)(=O)O)[C@@H](O)[C@H](O)[C@H]1NC(=O)[C@H]1O[C@@H](N=[N+]=[N-])[C@H](O)[C@@H](O)[C@@H]1O. The molecule has 7 N–H and O–H groups in total. The molecule has 2 heterocycles. The number of nitrogens with zero attached hydrogens (tertiary/aromatic N) is 3. The first-order valence-corrected chi connectivity index (χ1v) is 9.98. The van der Waals surface area contributed by atoms with Crippen LogP contribution < -0.4 is 5.32 Å². The van der Waals surface area contributed by atoms with Crippen LogP contribution in [0.25, 0.3) is 10.4 Å². The van der Waals surface area contributed by atoms with E-state index in [1.807, 2.05) is 0 Å². The first kappa shape index (κ1) is 25.6. The molecule has 0 spiro atoms. The van der Waals surface area contributed by atoms with Crippen molar-refractivity contribution in [1.29, 1.82) is 0 Å². The number of aliphatic hydroxyl groups is 5. The van der Waals surface area contributed by atoms with E-state index < -0.39 is 84.2 Å². The molecule has 0 bridgehead atoms. The van der Waals surface area contributed by atoms with Gasteiger partial charge in [-0.25, -0.2) is 4.18 Å². The lowest BCUT2D eigenvalue weighted by atomic mass is 9.95. The topological polar surface area (TPSA) is 270 Å². The molecule has 0 aliphatic carbocycles. The summed E-state index contributed by atoms with van der Waals surface area (Å²) >= 11 is 0. The maximum atomic E-state index is 12.6. The second kappa shape index (κ2) is 10.3. The summed E-state index contributed by atoms with van der Waals surface area (Å²) in [5.41, 5.74) is 8.49. The standard InChI is InChI=1S/C13H22N4O13S/c1-27-13-4(6(19)5(18)3(29-13)2-28-31(24,25)26)15-11(23)10-8(21)7(20)9(22)12(30-10)16-17-14/h3-10,12-13,18-22H,2H2,1H3,(H,15,23)(H,24,25,26)/t3-,4-,5-,6-,7+,8+,9-,10+,12-,13+/m1/s1. The van der Waals surface area contributed by atoms with Crippen LogP contribution >= 0.6 is 0 Å². The molecule has 2 rings (SSSR count). The Kier molecular flexibility index (Phi) is 8.50. The molecular weight excluding hydrogens is 452 g/mol. The first-order valence-electron chi connectivity index (χ1n) is 8.61. The van der Waals surface area contributed by atoms with Gasteiger partial charge < -0.3 is 45.1 Å². The van der Waals surface area contributed by atoms with Crippen molar-refractivity contribution in [3.05, 3.63) is 10.4 Å². The lowest BCUT2D eigenvalue weighted by Gasteiger charge is -2.43. The summed E-state index contributed by atoms with van der Waals surface area (Å²) in [5.74, 6) is -1.16. The lowest BCUT2D eigenvalue weighted by Crippen LogP contribution is -2.68. The molecular formula is C13H22N4O13S. The van der Waals surface area contributed by atoms with Gasteiger partial charge >= 0.3 is 10.4 Å². The van der Waals surface area contributed by atoms with Gasteiger partial charge in [-0.2, -0.15) is 8.42 Å². The minimum absolute atomic E-state index is 0.889. The third-order valence-corrected chi connectivity index (χ3v) is 5.07. The summed E-state index contributed by atoms with van der Waals surface area (Å²) in [4.78, 5) is 15.0. The van der Waals surface area contributed by atoms with Crippen LogP contribution in [0.4, 0.5) is 0 Å². The molecule has 1 amide bonds. The van der Waals surface area contributed by atoms with Gasteiger partial charge in [0.15, 0.2) is 18.6 Å². The smallest absolute Gasteiger partial charge is 0.388 e. The van der Waals surface area contributed by atoms with Gasteiger partial charge in [0.25, 0.3) is 5.91 Å². The van der Waals surface area contributed by atoms with Crippen LogP contribution in [0.2, 0.25) is 0 Å². The Bertz CT molecular complexity index is 790. The first-order chi connectivity index (χ1) is 14.4. The van der Waals surface area contributed by atoms with Crippen LogP contribution in [0, 0.1) is 0 Å². The van der Waals surface area contributed by atoms with Gasteiger partial charge in [-0.05, 0) is 5.53 Å². The van der Waals surface area contributed by atoms with E-state index in [4.69, 9.17) is 24.3 Å². The molecule has 0 aromatic carbocycles. The zero-order valence-corrected chi connectivity index (χ0v) is 16.6. The number of ether oxygens (including phenoxy) is 3. The van der Waals surface area contributed by atoms with E-state index in [0.29, 0.717) is 0 Å².